The maximum Gasteiger partial charge on any atom is 0.416 e. The number of esters is 1. The van der Waals surface area contributed by atoms with Crippen LogP contribution < -0.4 is 11.3 Å². The largest absolute Gasteiger partial charge is 0.465 e. The van der Waals surface area contributed by atoms with Crippen LogP contribution in [-0.2, 0) is 10.9 Å². The number of hydrogen-bond acceptors (Lipinski definition) is 5. The van der Waals surface area contributed by atoms with Crippen molar-refractivity contribution in [1.82, 2.24) is 4.57 Å². The minimum atomic E-state index is -4.64. The normalized spacial score (nSPS) is 11.2. The van der Waals surface area contributed by atoms with Gasteiger partial charge in [-0.3, -0.25) is 9.36 Å². The molecule has 0 amide bonds. The quantitative estimate of drug-likeness (QED) is 0.681. The van der Waals surface area contributed by atoms with Crippen LogP contribution >= 0.6 is 0 Å². The number of benzene rings is 2. The molecule has 2 aromatic carbocycles. The molecule has 0 aliphatic heterocycles. The van der Waals surface area contributed by atoms with E-state index in [4.69, 9.17) is 11.0 Å². The Hall–Kier alpha value is -3.80. The highest BCUT2D eigenvalue weighted by molar-refractivity contribution is 6.04. The first kappa shape index (κ1) is 19.0. The predicted molar refractivity (Wildman–Crippen MR) is 95.0 cm³/mol. The summed E-state index contributed by atoms with van der Waals surface area (Å²) in [6.45, 7) is 0. The third kappa shape index (κ3) is 3.05. The fraction of sp³-hybridized carbons (Fsp3) is 0.105. The summed E-state index contributed by atoms with van der Waals surface area (Å²) in [5.41, 5.74) is 3.57. The van der Waals surface area contributed by atoms with Crippen LogP contribution in [0.25, 0.3) is 16.6 Å². The van der Waals surface area contributed by atoms with Crippen LogP contribution in [0.15, 0.2) is 47.3 Å². The van der Waals surface area contributed by atoms with Crippen LogP contribution in [0.4, 0.5) is 18.9 Å². The zero-order valence-corrected chi connectivity index (χ0v) is 14.4. The van der Waals surface area contributed by atoms with Gasteiger partial charge >= 0.3 is 12.1 Å². The van der Waals surface area contributed by atoms with E-state index in [1.165, 1.54) is 24.3 Å². The van der Waals surface area contributed by atoms with Crippen molar-refractivity contribution in [3.8, 4) is 11.8 Å². The number of rotatable bonds is 2. The highest BCUT2D eigenvalue weighted by Crippen LogP contribution is 2.33. The van der Waals surface area contributed by atoms with E-state index in [2.05, 4.69) is 4.74 Å². The second-order valence-electron chi connectivity index (χ2n) is 5.81. The summed E-state index contributed by atoms with van der Waals surface area (Å²) in [7, 11) is 1.06. The Kier molecular flexibility index (Phi) is 4.56. The van der Waals surface area contributed by atoms with Gasteiger partial charge in [-0.05, 0) is 36.4 Å². The molecule has 0 aliphatic rings. The van der Waals surface area contributed by atoms with Gasteiger partial charge in [0.05, 0.1) is 35.5 Å². The molecule has 0 aliphatic carbocycles. The van der Waals surface area contributed by atoms with Crippen molar-refractivity contribution in [3.05, 3.63) is 69.5 Å². The van der Waals surface area contributed by atoms with Crippen LogP contribution in [0.5, 0.6) is 0 Å². The maximum atomic E-state index is 13.2. The van der Waals surface area contributed by atoms with Crippen molar-refractivity contribution in [2.45, 2.75) is 6.18 Å². The van der Waals surface area contributed by atoms with Gasteiger partial charge in [0.15, 0.2) is 0 Å². The number of fused-ring (bicyclic) bond motifs is 1. The summed E-state index contributed by atoms with van der Waals surface area (Å²) < 4.78 is 45.1. The van der Waals surface area contributed by atoms with E-state index in [-0.39, 0.29) is 22.3 Å². The second kappa shape index (κ2) is 6.74. The van der Waals surface area contributed by atoms with Crippen LogP contribution in [0.2, 0.25) is 0 Å². The van der Waals surface area contributed by atoms with Crippen LogP contribution in [-0.4, -0.2) is 17.6 Å². The van der Waals surface area contributed by atoms with Crippen molar-refractivity contribution in [3.63, 3.8) is 0 Å². The third-order valence-corrected chi connectivity index (χ3v) is 4.19. The lowest BCUT2D eigenvalue weighted by atomic mass is 10.0. The number of ether oxygens (including phenoxy) is 1. The first-order valence-electron chi connectivity index (χ1n) is 7.83. The lowest BCUT2D eigenvalue weighted by Gasteiger charge is -2.17. The van der Waals surface area contributed by atoms with Gasteiger partial charge in [-0.1, -0.05) is 6.07 Å². The summed E-state index contributed by atoms with van der Waals surface area (Å²) in [5, 5.41) is 9.00. The standard InChI is InChI=1S/C19H12F3N3O3/c1-28-18(27)15-16(24)13-7-4-11(19(20,21)22)8-14(13)25(17(15)26)12-5-2-10(9-23)3-6-12/h2-8H,24H2,1H3. The number of nitrogen functional groups attached to an aromatic ring is 1. The molecule has 0 atom stereocenters. The Morgan fingerprint density at radius 3 is 2.36 bits per heavy atom. The van der Waals surface area contributed by atoms with E-state index in [0.717, 1.165) is 29.9 Å². The number of hydrogen-bond donors (Lipinski definition) is 1. The summed E-state index contributed by atoms with van der Waals surface area (Å²) >= 11 is 0. The monoisotopic (exact) mass is 387 g/mol. The van der Waals surface area contributed by atoms with E-state index in [1.807, 2.05) is 6.07 Å². The molecule has 6 nitrogen and oxygen atoms in total. The average Bonchev–Trinajstić information content (AvgIpc) is 2.67. The van der Waals surface area contributed by atoms with Crippen molar-refractivity contribution in [2.75, 3.05) is 12.8 Å². The molecule has 0 bridgehead atoms. The van der Waals surface area contributed by atoms with Gasteiger partial charge in [-0.25, -0.2) is 4.79 Å². The van der Waals surface area contributed by atoms with E-state index in [9.17, 15) is 22.8 Å². The van der Waals surface area contributed by atoms with Gasteiger partial charge < -0.3 is 10.5 Å². The van der Waals surface area contributed by atoms with Gasteiger partial charge in [-0.2, -0.15) is 18.4 Å². The van der Waals surface area contributed by atoms with E-state index >= 15 is 0 Å². The first-order valence-corrected chi connectivity index (χ1v) is 7.83. The molecule has 2 N–H and O–H groups in total. The molecule has 0 unspecified atom stereocenters. The Balaban J connectivity index is 2.48. The van der Waals surface area contributed by atoms with Gasteiger partial charge in [0, 0.05) is 11.1 Å². The van der Waals surface area contributed by atoms with Crippen molar-refractivity contribution >= 4 is 22.6 Å². The van der Waals surface area contributed by atoms with Gasteiger partial charge in [-0.15, -0.1) is 0 Å². The number of nitrogens with two attached hydrogens (primary N) is 1. The number of anilines is 1. The number of aromatic nitrogens is 1. The molecule has 3 aromatic rings. The van der Waals surface area contributed by atoms with E-state index < -0.39 is 28.8 Å². The number of methoxy groups -OCH3 is 1. The van der Waals surface area contributed by atoms with Crippen LogP contribution in [0.3, 0.4) is 0 Å². The lowest BCUT2D eigenvalue weighted by molar-refractivity contribution is -0.137. The summed E-state index contributed by atoms with van der Waals surface area (Å²) in [6, 6.07) is 10.2. The molecule has 0 saturated heterocycles. The molecule has 0 spiro atoms. The lowest BCUT2D eigenvalue weighted by Crippen LogP contribution is -2.28. The number of pyridine rings is 1. The molecule has 28 heavy (non-hydrogen) atoms. The summed E-state index contributed by atoms with van der Waals surface area (Å²) in [4.78, 5) is 25.0. The molecule has 0 fully saturated rings. The molecule has 3 rings (SSSR count). The summed E-state index contributed by atoms with van der Waals surface area (Å²) in [6.07, 6.45) is -4.64. The minimum absolute atomic E-state index is 0.0809. The van der Waals surface area contributed by atoms with E-state index in [0.29, 0.717) is 5.56 Å². The molecular formula is C19H12F3N3O3. The number of carbonyl (C=O) groups excluding carboxylic acids is 1. The molecule has 9 heteroatoms. The van der Waals surface area contributed by atoms with Crippen LogP contribution in [0.1, 0.15) is 21.5 Å². The maximum absolute atomic E-state index is 13.2. The highest BCUT2D eigenvalue weighted by Gasteiger charge is 2.32. The number of nitrogens with zero attached hydrogens (tertiary/aromatic N) is 2. The smallest absolute Gasteiger partial charge is 0.416 e. The molecular weight excluding hydrogens is 375 g/mol. The van der Waals surface area contributed by atoms with E-state index in [1.54, 1.807) is 0 Å². The SMILES string of the molecule is COC(=O)c1c(N)c2ccc(C(F)(F)F)cc2n(-c2ccc(C#N)cc2)c1=O. The van der Waals surface area contributed by atoms with Gasteiger partial charge in [0.25, 0.3) is 5.56 Å². The van der Waals surface area contributed by atoms with Crippen molar-refractivity contribution in [1.29, 1.82) is 5.26 Å². The first-order chi connectivity index (χ1) is 13.2. The van der Waals surface area contributed by atoms with Gasteiger partial charge in [0.1, 0.15) is 5.56 Å². The molecule has 1 heterocycles. The Morgan fingerprint density at radius 1 is 1.18 bits per heavy atom. The predicted octanol–water partition coefficient (Wildman–Crippen LogP) is 3.25. The second-order valence-corrected chi connectivity index (χ2v) is 5.81. The number of alkyl halides is 3. The van der Waals surface area contributed by atoms with Crippen molar-refractivity contribution < 1.29 is 22.7 Å². The van der Waals surface area contributed by atoms with Crippen molar-refractivity contribution in [2.24, 2.45) is 0 Å². The number of nitriles is 1. The third-order valence-electron chi connectivity index (χ3n) is 4.19. The zero-order chi connectivity index (χ0) is 20.6. The topological polar surface area (TPSA) is 98.1 Å². The Morgan fingerprint density at radius 2 is 1.82 bits per heavy atom. The molecule has 1 aromatic heterocycles. The van der Waals surface area contributed by atoms with Crippen LogP contribution in [0, 0.1) is 11.3 Å². The molecule has 142 valence electrons. The fourth-order valence-corrected chi connectivity index (χ4v) is 2.83. The molecule has 0 saturated carbocycles. The summed E-state index contributed by atoms with van der Waals surface area (Å²) in [5.74, 6) is -1.01. The minimum Gasteiger partial charge on any atom is -0.465 e. The Bertz CT molecular complexity index is 1190. The molecule has 0 radical (unpaired) electrons. The number of carbonyl (C=O) groups is 1. The zero-order valence-electron chi connectivity index (χ0n) is 14.4. The number of halogens is 3. The Labute approximate surface area is 156 Å². The van der Waals surface area contributed by atoms with Gasteiger partial charge in [0.2, 0.25) is 0 Å². The average molecular weight is 387 g/mol. The fourth-order valence-electron chi connectivity index (χ4n) is 2.83. The highest BCUT2D eigenvalue weighted by atomic mass is 19.4.